The molecule has 0 saturated heterocycles. The first kappa shape index (κ1) is 21.4. The van der Waals surface area contributed by atoms with E-state index < -0.39 is 9.85 Å². The fraction of sp³-hybridized carbons (Fsp3) is 0.143. The molecule has 0 saturated carbocycles. The van der Waals surface area contributed by atoms with Gasteiger partial charge in [0.25, 0.3) is 11.4 Å². The highest BCUT2D eigenvalue weighted by molar-refractivity contribution is 9.11. The van der Waals surface area contributed by atoms with Crippen LogP contribution in [0.5, 0.6) is 11.5 Å². The number of benzene rings is 2. The molecule has 4 N–H and O–H groups in total. The van der Waals surface area contributed by atoms with Crippen molar-refractivity contribution in [3.8, 4) is 11.5 Å². The third kappa shape index (κ3) is 5.20. The minimum Gasteiger partial charge on any atom is -0.495 e. The third-order valence-corrected chi connectivity index (χ3v) is 4.26. The van der Waals surface area contributed by atoms with Crippen LogP contribution in [0.2, 0.25) is 0 Å². The summed E-state index contributed by atoms with van der Waals surface area (Å²) in [5.41, 5.74) is 11.3. The van der Waals surface area contributed by atoms with Gasteiger partial charge in [0.1, 0.15) is 11.5 Å². The number of methoxy groups -OCH3 is 2. The Bertz CT molecular complexity index is 777. The number of nitrogens with zero attached hydrogens (tertiary/aromatic N) is 2. The molecule has 2 aromatic rings. The number of ether oxygens (including phenoxy) is 2. The Balaban J connectivity index is 0.000000260. The van der Waals surface area contributed by atoms with Crippen LogP contribution in [0, 0.1) is 20.2 Å². The highest BCUT2D eigenvalue weighted by Crippen LogP contribution is 2.34. The van der Waals surface area contributed by atoms with E-state index in [1.54, 1.807) is 0 Å². The second kappa shape index (κ2) is 9.20. The van der Waals surface area contributed by atoms with Gasteiger partial charge < -0.3 is 20.9 Å². The quantitative estimate of drug-likeness (QED) is 0.368. The molecule has 0 bridgehead atoms. The number of nitrogens with two attached hydrogens (primary N) is 2. The Labute approximate surface area is 164 Å². The SMILES string of the molecule is COc1cc(Br)c([N+](=O)[O-])cc1N.COc1cc(Br)c([N+](=O)[O-])cc1N. The van der Waals surface area contributed by atoms with E-state index in [0.717, 1.165) is 0 Å². The molecule has 0 fully saturated rings. The van der Waals surface area contributed by atoms with Gasteiger partial charge >= 0.3 is 0 Å². The number of hydrogen-bond acceptors (Lipinski definition) is 8. The summed E-state index contributed by atoms with van der Waals surface area (Å²) in [7, 11) is 2.90. The van der Waals surface area contributed by atoms with Crippen molar-refractivity contribution in [2.24, 2.45) is 0 Å². The molecule has 26 heavy (non-hydrogen) atoms. The number of nitro benzene ring substituents is 2. The van der Waals surface area contributed by atoms with Crippen molar-refractivity contribution in [1.82, 2.24) is 0 Å². The summed E-state index contributed by atoms with van der Waals surface area (Å²) in [6.07, 6.45) is 0. The summed E-state index contributed by atoms with van der Waals surface area (Å²) in [4.78, 5) is 19.9. The Kier molecular flexibility index (Phi) is 7.58. The molecule has 0 spiro atoms. The van der Waals surface area contributed by atoms with Crippen LogP contribution >= 0.6 is 31.9 Å². The minimum atomic E-state index is -0.514. The van der Waals surface area contributed by atoms with Crippen molar-refractivity contribution < 1.29 is 19.3 Å². The van der Waals surface area contributed by atoms with Crippen LogP contribution in [0.3, 0.4) is 0 Å². The fourth-order valence-electron chi connectivity index (χ4n) is 1.75. The van der Waals surface area contributed by atoms with Gasteiger partial charge in [-0.2, -0.15) is 0 Å². The van der Waals surface area contributed by atoms with Crippen LogP contribution in [0.15, 0.2) is 33.2 Å². The largest absolute Gasteiger partial charge is 0.495 e. The van der Waals surface area contributed by atoms with Crippen LogP contribution in [-0.4, -0.2) is 24.1 Å². The number of nitro groups is 2. The van der Waals surface area contributed by atoms with E-state index in [-0.39, 0.29) is 22.7 Å². The van der Waals surface area contributed by atoms with Crippen molar-refractivity contribution in [2.45, 2.75) is 0 Å². The Morgan fingerprint density at radius 3 is 1.35 bits per heavy atom. The molecule has 0 aliphatic rings. The molecule has 2 aromatic carbocycles. The molecule has 0 radical (unpaired) electrons. The van der Waals surface area contributed by atoms with Gasteiger partial charge in [0.2, 0.25) is 0 Å². The average Bonchev–Trinajstić information content (AvgIpc) is 2.58. The van der Waals surface area contributed by atoms with Crippen molar-refractivity contribution in [3.63, 3.8) is 0 Å². The van der Waals surface area contributed by atoms with Crippen LogP contribution in [0.1, 0.15) is 0 Å². The number of anilines is 2. The lowest BCUT2D eigenvalue weighted by atomic mass is 10.2. The molecule has 2 rings (SSSR count). The molecule has 140 valence electrons. The number of rotatable bonds is 4. The lowest BCUT2D eigenvalue weighted by molar-refractivity contribution is -0.385. The maximum absolute atomic E-state index is 10.5. The topological polar surface area (TPSA) is 157 Å². The third-order valence-electron chi connectivity index (χ3n) is 2.99. The van der Waals surface area contributed by atoms with Crippen molar-refractivity contribution >= 4 is 54.6 Å². The van der Waals surface area contributed by atoms with E-state index in [1.165, 1.54) is 38.5 Å². The second-order valence-corrected chi connectivity index (χ2v) is 6.31. The van der Waals surface area contributed by atoms with Gasteiger partial charge in [0, 0.05) is 24.3 Å². The molecular formula is C14H14Br2N4O6. The smallest absolute Gasteiger partial charge is 0.285 e. The van der Waals surface area contributed by atoms with E-state index in [2.05, 4.69) is 31.9 Å². The fourth-order valence-corrected chi connectivity index (χ4v) is 2.69. The number of nitrogen functional groups attached to an aromatic ring is 2. The molecule has 12 heteroatoms. The van der Waals surface area contributed by atoms with E-state index in [4.69, 9.17) is 20.9 Å². The van der Waals surface area contributed by atoms with E-state index >= 15 is 0 Å². The predicted octanol–water partition coefficient (Wildman–Crippen LogP) is 3.90. The van der Waals surface area contributed by atoms with Crippen LogP contribution < -0.4 is 20.9 Å². The minimum absolute atomic E-state index is 0.0710. The van der Waals surface area contributed by atoms with Crippen LogP contribution in [-0.2, 0) is 0 Å². The van der Waals surface area contributed by atoms with Crippen molar-refractivity contribution in [3.05, 3.63) is 53.4 Å². The summed E-state index contributed by atoms with van der Waals surface area (Å²) in [5.74, 6) is 0.829. The van der Waals surface area contributed by atoms with Crippen molar-refractivity contribution in [2.75, 3.05) is 25.7 Å². The molecule has 0 aromatic heterocycles. The first-order valence-electron chi connectivity index (χ1n) is 6.67. The molecule has 0 aliphatic carbocycles. The summed E-state index contributed by atoms with van der Waals surface area (Å²) in [6.45, 7) is 0. The monoisotopic (exact) mass is 492 g/mol. The van der Waals surface area contributed by atoms with Gasteiger partial charge in [0.15, 0.2) is 0 Å². The summed E-state index contributed by atoms with van der Waals surface area (Å²) >= 11 is 6.09. The van der Waals surface area contributed by atoms with Crippen LogP contribution in [0.25, 0.3) is 0 Å². The summed E-state index contributed by atoms with van der Waals surface area (Å²) in [6, 6.07) is 5.44. The predicted molar refractivity (Wildman–Crippen MR) is 104 cm³/mol. The van der Waals surface area contributed by atoms with Gasteiger partial charge in [-0.05, 0) is 31.9 Å². The maximum atomic E-state index is 10.5. The van der Waals surface area contributed by atoms with Gasteiger partial charge in [0.05, 0.1) is 44.4 Å². The normalized spacial score (nSPS) is 9.69. The number of halogens is 2. The molecule has 0 aliphatic heterocycles. The van der Waals surface area contributed by atoms with E-state index in [1.807, 2.05) is 0 Å². The highest BCUT2D eigenvalue weighted by atomic mass is 79.9. The van der Waals surface area contributed by atoms with Crippen molar-refractivity contribution in [1.29, 1.82) is 0 Å². The zero-order chi connectivity index (χ0) is 20.0. The van der Waals surface area contributed by atoms with E-state index in [9.17, 15) is 20.2 Å². The molecule has 10 nitrogen and oxygen atoms in total. The van der Waals surface area contributed by atoms with Gasteiger partial charge in [-0.15, -0.1) is 0 Å². The Morgan fingerprint density at radius 1 is 0.808 bits per heavy atom. The molecule has 0 heterocycles. The van der Waals surface area contributed by atoms with Gasteiger partial charge in [-0.1, -0.05) is 0 Å². The van der Waals surface area contributed by atoms with Gasteiger partial charge in [-0.25, -0.2) is 0 Å². The maximum Gasteiger partial charge on any atom is 0.285 e. The first-order chi connectivity index (χ1) is 12.1. The van der Waals surface area contributed by atoms with Crippen LogP contribution in [0.4, 0.5) is 22.7 Å². The zero-order valence-corrected chi connectivity index (χ0v) is 16.7. The first-order valence-corrected chi connectivity index (χ1v) is 8.25. The van der Waals surface area contributed by atoms with E-state index in [0.29, 0.717) is 20.4 Å². The number of hydrogen-bond donors (Lipinski definition) is 2. The second-order valence-electron chi connectivity index (χ2n) is 4.61. The summed E-state index contributed by atoms with van der Waals surface area (Å²) < 4.78 is 10.5. The molecule has 0 amide bonds. The zero-order valence-electron chi connectivity index (χ0n) is 13.6. The molecular weight excluding hydrogens is 480 g/mol. The van der Waals surface area contributed by atoms with Gasteiger partial charge in [-0.3, -0.25) is 20.2 Å². The lowest BCUT2D eigenvalue weighted by Crippen LogP contribution is -1.96. The molecule has 0 unspecified atom stereocenters. The summed E-state index contributed by atoms with van der Waals surface area (Å²) in [5, 5.41) is 20.9. The average molecular weight is 494 g/mol. The Morgan fingerprint density at radius 2 is 1.12 bits per heavy atom. The Hall–Kier alpha value is -2.60. The molecule has 0 atom stereocenters. The standard InChI is InChI=1S/2C7H7BrN2O3/c2*1-13-7-2-4(8)6(10(11)12)3-5(7)9/h2*2-3H,9H2,1H3. The highest BCUT2D eigenvalue weighted by Gasteiger charge is 2.16. The lowest BCUT2D eigenvalue weighted by Gasteiger charge is -2.04.